The molecule has 0 bridgehead atoms. The molecule has 0 fully saturated rings. The molecule has 1 unspecified atom stereocenters. The van der Waals surface area contributed by atoms with E-state index in [-0.39, 0.29) is 5.92 Å². The predicted octanol–water partition coefficient (Wildman–Crippen LogP) is 6.37. The van der Waals surface area contributed by atoms with Gasteiger partial charge in [0.25, 0.3) is 0 Å². The molecule has 5 nitrogen and oxygen atoms in total. The van der Waals surface area contributed by atoms with Crippen molar-refractivity contribution in [2.24, 2.45) is 0 Å². The third-order valence-corrected chi connectivity index (χ3v) is 6.32. The van der Waals surface area contributed by atoms with E-state index in [0.717, 1.165) is 33.9 Å². The van der Waals surface area contributed by atoms with Crippen LogP contribution in [0.3, 0.4) is 0 Å². The number of aryl methyl sites for hydroxylation is 1. The van der Waals surface area contributed by atoms with E-state index < -0.39 is 0 Å². The van der Waals surface area contributed by atoms with Crippen LogP contribution in [-0.2, 0) is 6.42 Å². The van der Waals surface area contributed by atoms with E-state index in [1.54, 1.807) is 27.4 Å². The molecule has 0 aliphatic heterocycles. The summed E-state index contributed by atoms with van der Waals surface area (Å²) in [6.07, 6.45) is 1.42. The molecule has 4 aromatic rings. The molecule has 0 spiro atoms. The fraction of sp³-hybridized carbons (Fsp3) is 0.200. The van der Waals surface area contributed by atoms with Crippen LogP contribution in [0.5, 0.6) is 17.2 Å². The van der Waals surface area contributed by atoms with Crippen LogP contribution in [-0.4, -0.2) is 21.3 Å². The number of benzene rings is 4. The van der Waals surface area contributed by atoms with Crippen LogP contribution in [0, 0.1) is 22.7 Å². The third kappa shape index (κ3) is 4.63. The van der Waals surface area contributed by atoms with Gasteiger partial charge in [-0.1, -0.05) is 54.6 Å². The quantitative estimate of drug-likeness (QED) is 0.304. The summed E-state index contributed by atoms with van der Waals surface area (Å²) in [5.74, 6) is 1.67. The van der Waals surface area contributed by atoms with Gasteiger partial charge in [-0.2, -0.15) is 10.5 Å². The van der Waals surface area contributed by atoms with Crippen LogP contribution in [0.15, 0.2) is 72.8 Å². The van der Waals surface area contributed by atoms with Gasteiger partial charge in [-0.05, 0) is 58.5 Å². The number of nitriles is 2. The van der Waals surface area contributed by atoms with Gasteiger partial charge in [0.15, 0.2) is 11.5 Å². The number of fused-ring (bicyclic) bond motifs is 1. The number of nitrogens with zero attached hydrogens (tertiary/aromatic N) is 2. The Morgan fingerprint density at radius 1 is 0.771 bits per heavy atom. The van der Waals surface area contributed by atoms with E-state index in [1.165, 1.54) is 0 Å². The highest BCUT2D eigenvalue weighted by Crippen LogP contribution is 2.41. The molecule has 0 heterocycles. The van der Waals surface area contributed by atoms with E-state index in [2.05, 4.69) is 24.3 Å². The smallest absolute Gasteiger partial charge is 0.203 e. The molecule has 0 radical (unpaired) electrons. The van der Waals surface area contributed by atoms with Gasteiger partial charge in [-0.15, -0.1) is 0 Å². The Bertz CT molecular complexity index is 1410. The molecule has 0 saturated carbocycles. The van der Waals surface area contributed by atoms with Crippen LogP contribution in [0.25, 0.3) is 10.8 Å². The van der Waals surface area contributed by atoms with E-state index >= 15 is 0 Å². The van der Waals surface area contributed by atoms with Crippen LogP contribution in [0.1, 0.15) is 40.2 Å². The first-order chi connectivity index (χ1) is 17.1. The maximum atomic E-state index is 10.1. The zero-order chi connectivity index (χ0) is 24.8. The number of rotatable bonds is 8. The van der Waals surface area contributed by atoms with Crippen LogP contribution < -0.4 is 14.2 Å². The lowest BCUT2D eigenvalue weighted by Gasteiger charge is -2.23. The molecule has 0 aliphatic carbocycles. The third-order valence-electron chi connectivity index (χ3n) is 6.32. The molecule has 0 N–H and O–H groups in total. The standard InChI is InChI=1S/C30H26N2O3/c1-33-27-15-20(16-28(34-2)30(27)35-3)13-14-25(21-9-5-4-6-10-21)29-24-12-8-7-11-22(24)17-23(18-31)26(29)19-32/h4-12,15-17,25H,13-14H2,1-3H3. The second kappa shape index (κ2) is 10.6. The lowest BCUT2D eigenvalue weighted by atomic mass is 9.80. The van der Waals surface area contributed by atoms with Gasteiger partial charge < -0.3 is 14.2 Å². The minimum Gasteiger partial charge on any atom is -0.493 e. The lowest BCUT2D eigenvalue weighted by Crippen LogP contribution is -2.08. The first-order valence-electron chi connectivity index (χ1n) is 11.3. The molecule has 4 aromatic carbocycles. The fourth-order valence-corrected chi connectivity index (χ4v) is 4.70. The van der Waals surface area contributed by atoms with Crippen molar-refractivity contribution in [1.29, 1.82) is 10.5 Å². The van der Waals surface area contributed by atoms with Crippen molar-refractivity contribution in [3.63, 3.8) is 0 Å². The molecular weight excluding hydrogens is 436 g/mol. The highest BCUT2D eigenvalue weighted by molar-refractivity contribution is 5.90. The fourth-order valence-electron chi connectivity index (χ4n) is 4.70. The molecule has 0 saturated heterocycles. The van der Waals surface area contributed by atoms with E-state index in [9.17, 15) is 10.5 Å². The second-order valence-corrected chi connectivity index (χ2v) is 8.19. The average Bonchev–Trinajstić information content (AvgIpc) is 2.92. The molecule has 0 aliphatic rings. The molecule has 4 rings (SSSR count). The Hall–Kier alpha value is -4.48. The van der Waals surface area contributed by atoms with Crippen molar-refractivity contribution in [3.05, 3.63) is 101 Å². The molecular formula is C30H26N2O3. The van der Waals surface area contributed by atoms with E-state index in [0.29, 0.717) is 34.8 Å². The second-order valence-electron chi connectivity index (χ2n) is 8.19. The van der Waals surface area contributed by atoms with Crippen molar-refractivity contribution in [2.45, 2.75) is 18.8 Å². The summed E-state index contributed by atoms with van der Waals surface area (Å²) in [7, 11) is 4.79. The molecule has 174 valence electrons. The van der Waals surface area contributed by atoms with Gasteiger partial charge in [0.2, 0.25) is 5.75 Å². The Labute approximate surface area is 205 Å². The summed E-state index contributed by atoms with van der Waals surface area (Å²) in [4.78, 5) is 0. The number of hydrogen-bond donors (Lipinski definition) is 0. The van der Waals surface area contributed by atoms with Gasteiger partial charge >= 0.3 is 0 Å². The first kappa shape index (κ1) is 23.7. The highest BCUT2D eigenvalue weighted by atomic mass is 16.5. The van der Waals surface area contributed by atoms with Crippen molar-refractivity contribution in [2.75, 3.05) is 21.3 Å². The van der Waals surface area contributed by atoms with Crippen molar-refractivity contribution in [3.8, 4) is 29.4 Å². The maximum Gasteiger partial charge on any atom is 0.203 e. The topological polar surface area (TPSA) is 75.3 Å². The number of methoxy groups -OCH3 is 3. The Balaban J connectivity index is 1.86. The molecule has 0 aromatic heterocycles. The van der Waals surface area contributed by atoms with Gasteiger partial charge in [-0.3, -0.25) is 0 Å². The summed E-state index contributed by atoms with van der Waals surface area (Å²) in [6.45, 7) is 0. The summed E-state index contributed by atoms with van der Waals surface area (Å²) >= 11 is 0. The molecule has 35 heavy (non-hydrogen) atoms. The van der Waals surface area contributed by atoms with Crippen LogP contribution >= 0.6 is 0 Å². The SMILES string of the molecule is COc1cc(CCC(c2ccccc2)c2c(C#N)c(C#N)cc3ccccc23)cc(OC)c1OC. The zero-order valence-electron chi connectivity index (χ0n) is 20.0. The van der Waals surface area contributed by atoms with E-state index in [4.69, 9.17) is 14.2 Å². The molecule has 0 amide bonds. The Morgan fingerprint density at radius 2 is 1.43 bits per heavy atom. The van der Waals surface area contributed by atoms with Crippen molar-refractivity contribution < 1.29 is 14.2 Å². The van der Waals surface area contributed by atoms with E-state index in [1.807, 2.05) is 54.6 Å². The van der Waals surface area contributed by atoms with Crippen molar-refractivity contribution >= 4 is 10.8 Å². The molecule has 5 heteroatoms. The Morgan fingerprint density at radius 3 is 2.03 bits per heavy atom. The summed E-state index contributed by atoms with van der Waals surface area (Å²) in [5.41, 5.74) is 3.84. The largest absolute Gasteiger partial charge is 0.493 e. The summed E-state index contributed by atoms with van der Waals surface area (Å²) in [5, 5.41) is 21.9. The molecule has 1 atom stereocenters. The van der Waals surface area contributed by atoms with Crippen LogP contribution in [0.4, 0.5) is 0 Å². The minimum absolute atomic E-state index is 0.0943. The predicted molar refractivity (Wildman–Crippen MR) is 136 cm³/mol. The number of hydrogen-bond acceptors (Lipinski definition) is 5. The normalized spacial score (nSPS) is 11.3. The average molecular weight is 463 g/mol. The maximum absolute atomic E-state index is 10.1. The van der Waals surface area contributed by atoms with Gasteiger partial charge in [0.1, 0.15) is 12.1 Å². The Kier molecular flexibility index (Phi) is 7.19. The zero-order valence-corrected chi connectivity index (χ0v) is 20.0. The highest BCUT2D eigenvalue weighted by Gasteiger charge is 2.24. The summed E-state index contributed by atoms with van der Waals surface area (Å²) in [6, 6.07) is 28.4. The summed E-state index contributed by atoms with van der Waals surface area (Å²) < 4.78 is 16.5. The first-order valence-corrected chi connectivity index (χ1v) is 11.3. The van der Waals surface area contributed by atoms with Gasteiger partial charge in [0.05, 0.1) is 32.5 Å². The van der Waals surface area contributed by atoms with Gasteiger partial charge in [0, 0.05) is 5.92 Å². The lowest BCUT2D eigenvalue weighted by molar-refractivity contribution is 0.323. The number of ether oxygens (including phenoxy) is 3. The van der Waals surface area contributed by atoms with Crippen LogP contribution in [0.2, 0.25) is 0 Å². The monoisotopic (exact) mass is 462 g/mol. The minimum atomic E-state index is -0.0943. The van der Waals surface area contributed by atoms with Gasteiger partial charge in [-0.25, -0.2) is 0 Å². The van der Waals surface area contributed by atoms with Crippen molar-refractivity contribution in [1.82, 2.24) is 0 Å².